The average Bonchev–Trinajstić information content (AvgIpc) is 2.70. The second-order valence-corrected chi connectivity index (χ2v) is 4.24. The zero-order valence-corrected chi connectivity index (χ0v) is 7.41. The van der Waals surface area contributed by atoms with Crippen molar-refractivity contribution in [2.75, 3.05) is 18.6 Å². The van der Waals surface area contributed by atoms with Crippen LogP contribution < -0.4 is 0 Å². The van der Waals surface area contributed by atoms with Gasteiger partial charge in [0, 0.05) is 6.61 Å². The quantitative estimate of drug-likeness (QED) is 0.620. The molecule has 1 nitrogen and oxygen atoms in total. The van der Waals surface area contributed by atoms with Crippen LogP contribution in [0.25, 0.3) is 0 Å². The van der Waals surface area contributed by atoms with Gasteiger partial charge in [0.15, 0.2) is 0 Å². The third-order valence-corrected chi connectivity index (χ3v) is 3.05. The van der Waals surface area contributed by atoms with Crippen molar-refractivity contribution < 1.29 is 5.11 Å². The van der Waals surface area contributed by atoms with E-state index in [0.717, 1.165) is 0 Å². The fourth-order valence-electron chi connectivity index (χ4n) is 1.26. The standard InChI is InChI=1S/C8H16OS/c1-10-6-2-3-8(7-9)4-5-8/h9H,2-7H2,1H3. The number of aliphatic hydroxyl groups excluding tert-OH is 1. The minimum absolute atomic E-state index is 0.385. The lowest BCUT2D eigenvalue weighted by Crippen LogP contribution is -2.06. The van der Waals surface area contributed by atoms with Gasteiger partial charge in [-0.25, -0.2) is 0 Å². The van der Waals surface area contributed by atoms with Gasteiger partial charge in [-0.05, 0) is 43.1 Å². The molecule has 1 saturated carbocycles. The van der Waals surface area contributed by atoms with Crippen LogP contribution in [0, 0.1) is 5.41 Å². The Morgan fingerprint density at radius 1 is 1.50 bits per heavy atom. The first-order valence-corrected chi connectivity index (χ1v) is 5.32. The van der Waals surface area contributed by atoms with Crippen LogP contribution in [0.2, 0.25) is 0 Å². The largest absolute Gasteiger partial charge is 0.396 e. The van der Waals surface area contributed by atoms with E-state index in [4.69, 9.17) is 5.11 Å². The molecular weight excluding hydrogens is 144 g/mol. The summed E-state index contributed by atoms with van der Waals surface area (Å²) in [5.41, 5.74) is 0.385. The summed E-state index contributed by atoms with van der Waals surface area (Å²) in [4.78, 5) is 0. The van der Waals surface area contributed by atoms with Crippen LogP contribution in [-0.4, -0.2) is 23.7 Å². The van der Waals surface area contributed by atoms with Gasteiger partial charge in [-0.2, -0.15) is 11.8 Å². The van der Waals surface area contributed by atoms with Crippen molar-refractivity contribution in [2.45, 2.75) is 25.7 Å². The highest BCUT2D eigenvalue weighted by Crippen LogP contribution is 2.49. The molecule has 1 fully saturated rings. The number of hydrogen-bond donors (Lipinski definition) is 1. The molecule has 2 heteroatoms. The third kappa shape index (κ3) is 2.17. The summed E-state index contributed by atoms with van der Waals surface area (Å²) in [5.74, 6) is 1.25. The lowest BCUT2D eigenvalue weighted by molar-refractivity contribution is 0.202. The van der Waals surface area contributed by atoms with E-state index in [9.17, 15) is 0 Å². The summed E-state index contributed by atoms with van der Waals surface area (Å²) in [6.07, 6.45) is 7.18. The summed E-state index contributed by atoms with van der Waals surface area (Å²) in [5, 5.41) is 8.95. The van der Waals surface area contributed by atoms with E-state index in [1.807, 2.05) is 11.8 Å². The van der Waals surface area contributed by atoms with Crippen molar-refractivity contribution in [1.29, 1.82) is 0 Å². The second-order valence-electron chi connectivity index (χ2n) is 3.25. The van der Waals surface area contributed by atoms with Gasteiger partial charge in [-0.1, -0.05) is 0 Å². The van der Waals surface area contributed by atoms with Gasteiger partial charge >= 0.3 is 0 Å². The van der Waals surface area contributed by atoms with E-state index < -0.39 is 0 Å². The summed E-state index contributed by atoms with van der Waals surface area (Å²) >= 11 is 1.90. The first-order valence-electron chi connectivity index (χ1n) is 3.93. The highest BCUT2D eigenvalue weighted by atomic mass is 32.2. The minimum atomic E-state index is 0.385. The molecule has 1 rings (SSSR count). The molecule has 0 heterocycles. The molecular formula is C8H16OS. The van der Waals surface area contributed by atoms with Crippen LogP contribution in [0.15, 0.2) is 0 Å². The zero-order valence-electron chi connectivity index (χ0n) is 6.60. The number of rotatable bonds is 5. The Bertz CT molecular complexity index is 99.4. The molecule has 0 unspecified atom stereocenters. The first kappa shape index (κ1) is 8.41. The molecule has 0 atom stereocenters. The molecule has 1 aliphatic rings. The molecule has 60 valence electrons. The lowest BCUT2D eigenvalue weighted by atomic mass is 10.0. The molecule has 1 aliphatic carbocycles. The van der Waals surface area contributed by atoms with Crippen molar-refractivity contribution in [3.63, 3.8) is 0 Å². The Morgan fingerprint density at radius 3 is 2.60 bits per heavy atom. The van der Waals surface area contributed by atoms with E-state index in [1.54, 1.807) is 0 Å². The number of thioether (sulfide) groups is 1. The average molecular weight is 160 g/mol. The smallest absolute Gasteiger partial charge is 0.0487 e. The Kier molecular flexibility index (Phi) is 3.05. The van der Waals surface area contributed by atoms with Crippen LogP contribution in [0.1, 0.15) is 25.7 Å². The summed E-state index contributed by atoms with van der Waals surface area (Å²) in [6.45, 7) is 0.418. The van der Waals surface area contributed by atoms with Crippen LogP contribution in [0.4, 0.5) is 0 Å². The van der Waals surface area contributed by atoms with Crippen molar-refractivity contribution in [2.24, 2.45) is 5.41 Å². The van der Waals surface area contributed by atoms with Gasteiger partial charge in [-0.3, -0.25) is 0 Å². The molecule has 0 bridgehead atoms. The zero-order chi connectivity index (χ0) is 7.45. The third-order valence-electron chi connectivity index (χ3n) is 2.35. The highest BCUT2D eigenvalue weighted by molar-refractivity contribution is 7.98. The molecule has 0 aliphatic heterocycles. The molecule has 1 N–H and O–H groups in total. The van der Waals surface area contributed by atoms with E-state index in [1.165, 1.54) is 31.4 Å². The van der Waals surface area contributed by atoms with Crippen LogP contribution in [0.5, 0.6) is 0 Å². The van der Waals surface area contributed by atoms with E-state index in [2.05, 4.69) is 6.26 Å². The monoisotopic (exact) mass is 160 g/mol. The summed E-state index contributed by atoms with van der Waals surface area (Å²) < 4.78 is 0. The topological polar surface area (TPSA) is 20.2 Å². The van der Waals surface area contributed by atoms with Gasteiger partial charge in [0.1, 0.15) is 0 Å². The first-order chi connectivity index (χ1) is 4.83. The Hall–Kier alpha value is 0.310. The fourth-order valence-corrected chi connectivity index (χ4v) is 1.69. The molecule has 0 spiro atoms. The minimum Gasteiger partial charge on any atom is -0.396 e. The van der Waals surface area contributed by atoms with Gasteiger partial charge < -0.3 is 5.11 Å². The molecule has 0 radical (unpaired) electrons. The molecule has 0 amide bonds. The maximum absolute atomic E-state index is 8.95. The lowest BCUT2D eigenvalue weighted by Gasteiger charge is -2.09. The normalized spacial score (nSPS) is 21.0. The number of aliphatic hydroxyl groups is 1. The molecule has 10 heavy (non-hydrogen) atoms. The van der Waals surface area contributed by atoms with Crippen LogP contribution in [-0.2, 0) is 0 Å². The Balaban J connectivity index is 2.01. The Morgan fingerprint density at radius 2 is 2.20 bits per heavy atom. The van der Waals surface area contributed by atoms with Crippen molar-refractivity contribution >= 4 is 11.8 Å². The van der Waals surface area contributed by atoms with E-state index in [0.29, 0.717) is 12.0 Å². The number of hydrogen-bond acceptors (Lipinski definition) is 2. The van der Waals surface area contributed by atoms with E-state index >= 15 is 0 Å². The molecule has 0 aromatic carbocycles. The predicted octanol–water partition coefficient (Wildman–Crippen LogP) is 1.90. The van der Waals surface area contributed by atoms with Gasteiger partial charge in [0.05, 0.1) is 0 Å². The van der Waals surface area contributed by atoms with Crippen molar-refractivity contribution in [3.8, 4) is 0 Å². The van der Waals surface area contributed by atoms with E-state index in [-0.39, 0.29) is 0 Å². The van der Waals surface area contributed by atoms with Gasteiger partial charge in [0.2, 0.25) is 0 Å². The SMILES string of the molecule is CSCCCC1(CO)CC1. The van der Waals surface area contributed by atoms with Crippen molar-refractivity contribution in [3.05, 3.63) is 0 Å². The second kappa shape index (κ2) is 3.63. The maximum atomic E-state index is 8.95. The molecule has 0 aromatic rings. The maximum Gasteiger partial charge on any atom is 0.0487 e. The van der Waals surface area contributed by atoms with Gasteiger partial charge in [0.25, 0.3) is 0 Å². The molecule has 0 aromatic heterocycles. The van der Waals surface area contributed by atoms with Gasteiger partial charge in [-0.15, -0.1) is 0 Å². The van der Waals surface area contributed by atoms with Crippen molar-refractivity contribution in [1.82, 2.24) is 0 Å². The fraction of sp³-hybridized carbons (Fsp3) is 1.00. The Labute approximate surface area is 67.2 Å². The summed E-state index contributed by atoms with van der Waals surface area (Å²) in [6, 6.07) is 0. The highest BCUT2D eigenvalue weighted by Gasteiger charge is 2.40. The summed E-state index contributed by atoms with van der Waals surface area (Å²) in [7, 11) is 0. The molecule has 0 saturated heterocycles. The van der Waals surface area contributed by atoms with Crippen LogP contribution >= 0.6 is 11.8 Å². The predicted molar refractivity (Wildman–Crippen MR) is 46.4 cm³/mol. The van der Waals surface area contributed by atoms with Crippen LogP contribution in [0.3, 0.4) is 0 Å².